The van der Waals surface area contributed by atoms with Crippen LogP contribution in [0.4, 0.5) is 11.4 Å². The number of halogens is 1. The Bertz CT molecular complexity index is 914. The van der Waals surface area contributed by atoms with Crippen molar-refractivity contribution >= 4 is 39.1 Å². The molecule has 0 bridgehead atoms. The highest BCUT2D eigenvalue weighted by Gasteiger charge is 2.34. The Kier molecular flexibility index (Phi) is 7.96. The predicted octanol–water partition coefficient (Wildman–Crippen LogP) is 5.47. The second kappa shape index (κ2) is 10.7. The minimum atomic E-state index is -0.485. The second-order valence-corrected chi connectivity index (χ2v) is 9.01. The van der Waals surface area contributed by atoms with Crippen LogP contribution in [0.2, 0.25) is 0 Å². The van der Waals surface area contributed by atoms with Crippen molar-refractivity contribution in [3.8, 4) is 0 Å². The maximum atomic E-state index is 13.3. The lowest BCUT2D eigenvalue weighted by atomic mass is 10.0. The van der Waals surface area contributed by atoms with E-state index in [1.807, 2.05) is 55.4 Å². The number of carbonyl (C=O) groups is 2. The maximum Gasteiger partial charge on any atom is 0.276 e. The lowest BCUT2D eigenvalue weighted by Gasteiger charge is -2.38. The van der Waals surface area contributed by atoms with Crippen molar-refractivity contribution in [1.29, 1.82) is 0 Å². The van der Waals surface area contributed by atoms with Crippen LogP contribution in [0.5, 0.6) is 0 Å². The Balaban J connectivity index is 1.81. The fourth-order valence-corrected chi connectivity index (χ4v) is 4.02. The molecule has 1 atom stereocenters. The van der Waals surface area contributed by atoms with Crippen LogP contribution in [0.1, 0.15) is 67.5 Å². The Labute approximate surface area is 193 Å². The number of carbonyl (C=O) groups excluding carboxylic acids is 2. The predicted molar refractivity (Wildman–Crippen MR) is 129 cm³/mol. The Hall–Kier alpha value is -2.54. The van der Waals surface area contributed by atoms with Crippen LogP contribution in [0.25, 0.3) is 0 Å². The maximum absolute atomic E-state index is 13.3. The van der Waals surface area contributed by atoms with Crippen molar-refractivity contribution in [1.82, 2.24) is 10.4 Å². The highest BCUT2D eigenvalue weighted by molar-refractivity contribution is 9.10. The van der Waals surface area contributed by atoms with Crippen molar-refractivity contribution in [2.24, 2.45) is 0 Å². The molecule has 1 aliphatic rings. The molecule has 7 heteroatoms. The third kappa shape index (κ3) is 5.79. The van der Waals surface area contributed by atoms with Gasteiger partial charge >= 0.3 is 0 Å². The number of nitrogens with one attached hydrogen (secondary N) is 2. The van der Waals surface area contributed by atoms with Gasteiger partial charge in [-0.05, 0) is 42.3 Å². The minimum absolute atomic E-state index is 0.139. The van der Waals surface area contributed by atoms with Crippen LogP contribution in [0, 0.1) is 0 Å². The van der Waals surface area contributed by atoms with Crippen molar-refractivity contribution in [2.45, 2.75) is 51.6 Å². The van der Waals surface area contributed by atoms with Crippen LogP contribution in [-0.2, 0) is 4.79 Å². The summed E-state index contributed by atoms with van der Waals surface area (Å²) in [6.07, 6.45) is 5.27. The molecule has 0 radical (unpaired) electrons. The first-order chi connectivity index (χ1) is 14.9. The third-order valence-corrected chi connectivity index (χ3v) is 5.95. The SMILES string of the molecule is CCCCCCCC(=O)NN1C(=O)c2cc(Br)ccc2NC1c1ccc(N(C)C)cc1. The van der Waals surface area contributed by atoms with Gasteiger partial charge < -0.3 is 10.2 Å². The van der Waals surface area contributed by atoms with Gasteiger partial charge in [-0.1, -0.05) is 60.7 Å². The molecule has 2 aromatic carbocycles. The van der Waals surface area contributed by atoms with Crippen molar-refractivity contribution in [2.75, 3.05) is 24.3 Å². The summed E-state index contributed by atoms with van der Waals surface area (Å²) in [5, 5.41) is 4.84. The third-order valence-electron chi connectivity index (χ3n) is 5.46. The van der Waals surface area contributed by atoms with Gasteiger partial charge in [-0.2, -0.15) is 0 Å². The van der Waals surface area contributed by atoms with Gasteiger partial charge in [0.15, 0.2) is 0 Å². The zero-order chi connectivity index (χ0) is 22.4. The second-order valence-electron chi connectivity index (χ2n) is 8.10. The van der Waals surface area contributed by atoms with E-state index < -0.39 is 6.17 Å². The summed E-state index contributed by atoms with van der Waals surface area (Å²) >= 11 is 3.43. The van der Waals surface area contributed by atoms with E-state index in [1.54, 1.807) is 6.07 Å². The van der Waals surface area contributed by atoms with Gasteiger partial charge in [0.1, 0.15) is 6.17 Å². The first kappa shape index (κ1) is 23.1. The number of nitrogens with zero attached hydrogens (tertiary/aromatic N) is 2. The van der Waals surface area contributed by atoms with Crippen LogP contribution in [0.15, 0.2) is 46.9 Å². The number of rotatable bonds is 9. The number of benzene rings is 2. The quantitative estimate of drug-likeness (QED) is 0.461. The van der Waals surface area contributed by atoms with Gasteiger partial charge in [-0.3, -0.25) is 15.0 Å². The van der Waals surface area contributed by atoms with Crippen LogP contribution in [0.3, 0.4) is 0 Å². The van der Waals surface area contributed by atoms with Gasteiger partial charge in [-0.25, -0.2) is 5.01 Å². The van der Waals surface area contributed by atoms with Crippen LogP contribution in [-0.4, -0.2) is 30.9 Å². The summed E-state index contributed by atoms with van der Waals surface area (Å²) in [7, 11) is 3.97. The van der Waals surface area contributed by atoms with Crippen LogP contribution < -0.4 is 15.6 Å². The van der Waals surface area contributed by atoms with Crippen LogP contribution >= 0.6 is 15.9 Å². The summed E-state index contributed by atoms with van der Waals surface area (Å²) in [5.74, 6) is -0.365. The molecule has 0 aromatic heterocycles. The Morgan fingerprint density at radius 3 is 2.48 bits per heavy atom. The highest BCUT2D eigenvalue weighted by Crippen LogP contribution is 2.34. The summed E-state index contributed by atoms with van der Waals surface area (Å²) in [6, 6.07) is 13.5. The van der Waals surface area contributed by atoms with E-state index in [-0.39, 0.29) is 11.8 Å². The zero-order valence-electron chi connectivity index (χ0n) is 18.5. The van der Waals surface area contributed by atoms with E-state index in [0.29, 0.717) is 12.0 Å². The van der Waals surface area contributed by atoms with Gasteiger partial charge in [0.25, 0.3) is 5.91 Å². The number of hydrogen-bond donors (Lipinski definition) is 2. The molecule has 0 saturated carbocycles. The van der Waals surface area contributed by atoms with Crippen molar-refractivity contribution < 1.29 is 9.59 Å². The zero-order valence-corrected chi connectivity index (χ0v) is 20.0. The van der Waals surface area contributed by atoms with Gasteiger partial charge in [0.05, 0.1) is 5.56 Å². The summed E-state index contributed by atoms with van der Waals surface area (Å²) in [6.45, 7) is 2.17. The molecule has 2 amide bonds. The molecule has 0 spiro atoms. The monoisotopic (exact) mass is 486 g/mol. The normalized spacial score (nSPS) is 15.3. The molecule has 1 unspecified atom stereocenters. The van der Waals surface area contributed by atoms with E-state index in [0.717, 1.165) is 40.7 Å². The number of fused-ring (bicyclic) bond motifs is 1. The molecule has 0 aliphatic carbocycles. The van der Waals surface area contributed by atoms with E-state index in [2.05, 4.69) is 33.6 Å². The fourth-order valence-electron chi connectivity index (χ4n) is 3.66. The highest BCUT2D eigenvalue weighted by atomic mass is 79.9. The lowest BCUT2D eigenvalue weighted by Crippen LogP contribution is -2.52. The molecule has 6 nitrogen and oxygen atoms in total. The molecular formula is C24H31BrN4O2. The average molecular weight is 487 g/mol. The number of unbranched alkanes of at least 4 members (excludes halogenated alkanes) is 4. The number of hydrogen-bond acceptors (Lipinski definition) is 4. The molecule has 31 heavy (non-hydrogen) atoms. The van der Waals surface area contributed by atoms with Crippen molar-refractivity contribution in [3.63, 3.8) is 0 Å². The van der Waals surface area contributed by atoms with E-state index in [9.17, 15) is 9.59 Å². The minimum Gasteiger partial charge on any atom is -0.378 e. The number of hydrazine groups is 1. The summed E-state index contributed by atoms with van der Waals surface area (Å²) in [5.41, 5.74) is 6.11. The molecule has 1 aliphatic heterocycles. The summed E-state index contributed by atoms with van der Waals surface area (Å²) in [4.78, 5) is 28.0. The molecule has 1 heterocycles. The van der Waals surface area contributed by atoms with Crippen molar-refractivity contribution in [3.05, 3.63) is 58.1 Å². The first-order valence-electron chi connectivity index (χ1n) is 10.9. The van der Waals surface area contributed by atoms with E-state index >= 15 is 0 Å². The number of anilines is 2. The molecular weight excluding hydrogens is 456 g/mol. The van der Waals surface area contributed by atoms with Gasteiger partial charge in [-0.15, -0.1) is 0 Å². The topological polar surface area (TPSA) is 64.7 Å². The fraction of sp³-hybridized carbons (Fsp3) is 0.417. The van der Waals surface area contributed by atoms with Gasteiger partial charge in [0.2, 0.25) is 5.91 Å². The molecule has 166 valence electrons. The summed E-state index contributed by atoms with van der Waals surface area (Å²) < 4.78 is 0.817. The molecule has 2 aromatic rings. The molecule has 0 saturated heterocycles. The molecule has 3 rings (SSSR count). The standard InChI is InChI=1S/C24H31BrN4O2/c1-4-5-6-7-8-9-22(30)27-29-23(17-10-13-19(14-11-17)28(2)3)26-21-15-12-18(25)16-20(21)24(29)31/h10-16,23,26H,4-9H2,1-3H3,(H,27,30). The van der Waals surface area contributed by atoms with Gasteiger partial charge in [0, 0.05) is 36.4 Å². The van der Waals surface area contributed by atoms with E-state index in [1.165, 1.54) is 17.9 Å². The smallest absolute Gasteiger partial charge is 0.276 e. The van der Waals surface area contributed by atoms with E-state index in [4.69, 9.17) is 0 Å². The first-order valence-corrected chi connectivity index (χ1v) is 11.7. The number of amides is 2. The largest absolute Gasteiger partial charge is 0.378 e. The Morgan fingerprint density at radius 2 is 1.81 bits per heavy atom. The molecule has 0 fully saturated rings. The molecule has 2 N–H and O–H groups in total. The average Bonchev–Trinajstić information content (AvgIpc) is 2.76. The lowest BCUT2D eigenvalue weighted by molar-refractivity contribution is -0.125. The Morgan fingerprint density at radius 1 is 1.10 bits per heavy atom.